The molecule has 0 amide bonds. The molecule has 11 heavy (non-hydrogen) atoms. The third kappa shape index (κ3) is 3.27. The van der Waals surface area contributed by atoms with E-state index >= 15 is 0 Å². The van der Waals surface area contributed by atoms with Gasteiger partial charge < -0.3 is 0 Å². The van der Waals surface area contributed by atoms with Gasteiger partial charge in [-0.05, 0) is 30.6 Å². The van der Waals surface area contributed by atoms with Gasteiger partial charge >= 0.3 is 0 Å². The topological polar surface area (TPSA) is 0 Å². The number of rotatable bonds is 1. The maximum Gasteiger partial charge on any atom is -0.0388 e. The first-order valence-electron chi connectivity index (χ1n) is 5.24. The van der Waals surface area contributed by atoms with Crippen molar-refractivity contribution in [3.05, 3.63) is 0 Å². The van der Waals surface area contributed by atoms with Gasteiger partial charge in [-0.25, -0.2) is 0 Å². The average molecular weight is 156 g/mol. The van der Waals surface area contributed by atoms with E-state index in [1.165, 1.54) is 19.3 Å². The first-order chi connectivity index (χ1) is 5.24. The molecule has 0 aromatic heterocycles. The summed E-state index contributed by atoms with van der Waals surface area (Å²) in [6.45, 7) is 11.1. The molecule has 1 rings (SSSR count). The summed E-state index contributed by atoms with van der Waals surface area (Å²) in [6, 6.07) is 0. The Morgan fingerprint density at radius 3 is 1.82 bits per heavy atom. The Morgan fingerprint density at radius 1 is 1.09 bits per heavy atom. The zero-order valence-corrected chi connectivity index (χ0v) is 8.85. The van der Waals surface area contributed by atoms with Crippen molar-refractivity contribution in [3.8, 4) is 0 Å². The highest BCUT2D eigenvalue weighted by molar-refractivity contribution is 4.77. The monoisotopic (exact) mass is 156 g/mol. The van der Waals surface area contributed by atoms with Gasteiger partial charge in [0.1, 0.15) is 0 Å². The van der Waals surface area contributed by atoms with E-state index in [1.807, 2.05) is 13.8 Å². The molecule has 0 heterocycles. The van der Waals surface area contributed by atoms with E-state index in [2.05, 4.69) is 20.8 Å². The summed E-state index contributed by atoms with van der Waals surface area (Å²) in [4.78, 5) is 0. The fraction of sp³-hybridized carbons (Fsp3) is 1.00. The summed E-state index contributed by atoms with van der Waals surface area (Å²) in [7, 11) is 0. The highest BCUT2D eigenvalue weighted by atomic mass is 14.3. The number of hydrogen-bond donors (Lipinski definition) is 0. The lowest BCUT2D eigenvalue weighted by Gasteiger charge is -2.10. The van der Waals surface area contributed by atoms with Crippen molar-refractivity contribution in [2.75, 3.05) is 0 Å². The van der Waals surface area contributed by atoms with Crippen molar-refractivity contribution in [1.29, 1.82) is 0 Å². The zero-order chi connectivity index (χ0) is 8.85. The van der Waals surface area contributed by atoms with Gasteiger partial charge in [0.15, 0.2) is 0 Å². The molecule has 3 atom stereocenters. The van der Waals surface area contributed by atoms with Crippen LogP contribution in [0.15, 0.2) is 0 Å². The summed E-state index contributed by atoms with van der Waals surface area (Å²) < 4.78 is 0. The number of hydrogen-bond acceptors (Lipinski definition) is 0. The minimum absolute atomic E-state index is 1.00. The van der Waals surface area contributed by atoms with Crippen molar-refractivity contribution >= 4 is 0 Å². The van der Waals surface area contributed by atoms with Gasteiger partial charge in [-0.15, -0.1) is 0 Å². The molecule has 0 aromatic carbocycles. The first kappa shape index (κ1) is 11.0. The Kier molecular flexibility index (Phi) is 5.62. The van der Waals surface area contributed by atoms with Crippen molar-refractivity contribution < 1.29 is 0 Å². The lowest BCUT2D eigenvalue weighted by Crippen LogP contribution is -2.00. The molecule has 0 N–H and O–H groups in total. The van der Waals surface area contributed by atoms with Crippen LogP contribution in [-0.4, -0.2) is 0 Å². The van der Waals surface area contributed by atoms with Gasteiger partial charge in [0.25, 0.3) is 0 Å². The van der Waals surface area contributed by atoms with Crippen molar-refractivity contribution in [1.82, 2.24) is 0 Å². The highest BCUT2D eigenvalue weighted by Crippen LogP contribution is 2.37. The second kappa shape index (κ2) is 5.62. The van der Waals surface area contributed by atoms with Crippen LogP contribution in [-0.2, 0) is 0 Å². The van der Waals surface area contributed by atoms with Crippen LogP contribution in [0, 0.1) is 17.8 Å². The lowest BCUT2D eigenvalue weighted by molar-refractivity contribution is 0.406. The van der Waals surface area contributed by atoms with Crippen LogP contribution in [0.5, 0.6) is 0 Å². The first-order valence-corrected chi connectivity index (χ1v) is 5.24. The van der Waals surface area contributed by atoms with Gasteiger partial charge in [0.05, 0.1) is 0 Å². The second-order valence-corrected chi connectivity index (χ2v) is 3.72. The molecule has 0 nitrogen and oxygen atoms in total. The second-order valence-electron chi connectivity index (χ2n) is 3.72. The summed E-state index contributed by atoms with van der Waals surface area (Å²) in [5.41, 5.74) is 0. The zero-order valence-electron chi connectivity index (χ0n) is 8.85. The Bertz CT molecular complexity index is 86.0. The average Bonchev–Trinajstić information content (AvgIpc) is 2.33. The Morgan fingerprint density at radius 2 is 1.64 bits per heavy atom. The maximum absolute atomic E-state index is 2.40. The molecule has 0 spiro atoms. The highest BCUT2D eigenvalue weighted by Gasteiger charge is 2.26. The van der Waals surface area contributed by atoms with E-state index in [9.17, 15) is 0 Å². The van der Waals surface area contributed by atoms with Crippen LogP contribution < -0.4 is 0 Å². The third-order valence-electron chi connectivity index (χ3n) is 2.81. The predicted molar refractivity (Wildman–Crippen MR) is 52.7 cm³/mol. The minimum atomic E-state index is 1.00. The van der Waals surface area contributed by atoms with Crippen molar-refractivity contribution in [2.45, 2.75) is 53.9 Å². The van der Waals surface area contributed by atoms with Crippen LogP contribution in [0.1, 0.15) is 53.9 Å². The van der Waals surface area contributed by atoms with Crippen molar-refractivity contribution in [3.63, 3.8) is 0 Å². The van der Waals surface area contributed by atoms with Gasteiger partial charge in [-0.2, -0.15) is 0 Å². The molecule has 3 unspecified atom stereocenters. The minimum Gasteiger partial charge on any atom is -0.0683 e. The van der Waals surface area contributed by atoms with Crippen LogP contribution in [0.4, 0.5) is 0 Å². The SMILES string of the molecule is CC.CCC1CC(C)CC1C. The summed E-state index contributed by atoms with van der Waals surface area (Å²) in [5, 5.41) is 0. The van der Waals surface area contributed by atoms with Crippen LogP contribution in [0.3, 0.4) is 0 Å². The summed E-state index contributed by atoms with van der Waals surface area (Å²) in [6.07, 6.45) is 4.35. The van der Waals surface area contributed by atoms with E-state index in [1.54, 1.807) is 0 Å². The van der Waals surface area contributed by atoms with Crippen LogP contribution in [0.2, 0.25) is 0 Å². The molecule has 0 saturated heterocycles. The molecular weight excluding hydrogens is 132 g/mol. The Labute approximate surface area is 72.4 Å². The smallest absolute Gasteiger partial charge is 0.0388 e. The quantitative estimate of drug-likeness (QED) is 0.536. The van der Waals surface area contributed by atoms with E-state index < -0.39 is 0 Å². The Balaban J connectivity index is 0.000000461. The Hall–Kier alpha value is 0. The molecule has 0 aliphatic heterocycles. The van der Waals surface area contributed by atoms with Gasteiger partial charge in [-0.1, -0.05) is 41.0 Å². The van der Waals surface area contributed by atoms with E-state index in [0.717, 1.165) is 17.8 Å². The molecule has 68 valence electrons. The molecule has 0 radical (unpaired) electrons. The predicted octanol–water partition coefficient (Wildman–Crippen LogP) is 4.10. The standard InChI is InChI=1S/C9H18.C2H6/c1-4-9-6-7(2)5-8(9)3;1-2/h7-9H,4-6H2,1-3H3;1-2H3. The summed E-state index contributed by atoms with van der Waals surface area (Å²) in [5.74, 6) is 3.05. The molecule has 1 fully saturated rings. The molecule has 0 heteroatoms. The fourth-order valence-electron chi connectivity index (χ4n) is 2.24. The normalized spacial score (nSPS) is 36.3. The third-order valence-corrected chi connectivity index (χ3v) is 2.81. The maximum atomic E-state index is 2.40. The van der Waals surface area contributed by atoms with Gasteiger partial charge in [-0.3, -0.25) is 0 Å². The molecule has 0 bridgehead atoms. The van der Waals surface area contributed by atoms with E-state index in [4.69, 9.17) is 0 Å². The van der Waals surface area contributed by atoms with Crippen molar-refractivity contribution in [2.24, 2.45) is 17.8 Å². The lowest BCUT2D eigenvalue weighted by atomic mass is 9.96. The largest absolute Gasteiger partial charge is 0.0683 e. The molecular formula is C11H24. The van der Waals surface area contributed by atoms with Crippen LogP contribution >= 0.6 is 0 Å². The van der Waals surface area contributed by atoms with Crippen LogP contribution in [0.25, 0.3) is 0 Å². The molecule has 0 aromatic rings. The van der Waals surface area contributed by atoms with Gasteiger partial charge in [0.2, 0.25) is 0 Å². The van der Waals surface area contributed by atoms with E-state index in [0.29, 0.717) is 0 Å². The molecule has 1 aliphatic rings. The fourth-order valence-corrected chi connectivity index (χ4v) is 2.24. The van der Waals surface area contributed by atoms with E-state index in [-0.39, 0.29) is 0 Å². The summed E-state index contributed by atoms with van der Waals surface area (Å²) >= 11 is 0. The van der Waals surface area contributed by atoms with Gasteiger partial charge in [0, 0.05) is 0 Å². The molecule has 1 aliphatic carbocycles. The molecule has 1 saturated carbocycles.